The molecule has 9 aromatic carbocycles. The predicted molar refractivity (Wildman–Crippen MR) is 241 cm³/mol. The molecule has 11 rings (SSSR count). The van der Waals surface area contributed by atoms with Gasteiger partial charge < -0.3 is 4.57 Å². The Labute approximate surface area is 330 Å². The first kappa shape index (κ1) is 32.4. The molecule has 0 N–H and O–H groups in total. The molecule has 0 amide bonds. The highest BCUT2D eigenvalue weighted by molar-refractivity contribution is 7.25. The van der Waals surface area contributed by atoms with Crippen molar-refractivity contribution in [3.63, 3.8) is 0 Å². The second kappa shape index (κ2) is 13.4. The van der Waals surface area contributed by atoms with E-state index in [2.05, 4.69) is 217 Å². The Hall–Kier alpha value is -7.00. The largest absolute Gasteiger partial charge is 0.309 e. The van der Waals surface area contributed by atoms with Crippen molar-refractivity contribution >= 4 is 53.3 Å². The van der Waals surface area contributed by atoms with E-state index >= 15 is 0 Å². The zero-order valence-electron chi connectivity index (χ0n) is 30.6. The Morgan fingerprint density at radius 2 is 0.679 bits per heavy atom. The number of para-hydroxylation sites is 1. The minimum atomic E-state index is 1.17. The van der Waals surface area contributed by atoms with E-state index in [-0.39, 0.29) is 0 Å². The van der Waals surface area contributed by atoms with Crippen molar-refractivity contribution in [1.82, 2.24) is 4.57 Å². The minimum Gasteiger partial charge on any atom is -0.309 e. The van der Waals surface area contributed by atoms with Crippen LogP contribution in [0.5, 0.6) is 0 Å². The van der Waals surface area contributed by atoms with E-state index in [1.54, 1.807) is 0 Å². The van der Waals surface area contributed by atoms with E-state index in [1.165, 1.54) is 103 Å². The standard InChI is InChI=1S/C54H35NS/c1-3-11-36(12-4-1)38-19-23-40(24-20-38)42-27-30-51-47(33-42)48-34-43(41-25-21-39(22-26-41)37-13-5-2-6-14-37)28-31-52(48)55(51)50-17-9-7-15-45(50)44-29-32-54-49(35-44)46-16-8-10-18-53(46)56-54/h1-35H. The summed E-state index contributed by atoms with van der Waals surface area (Å²) in [6, 6.07) is 77.7. The van der Waals surface area contributed by atoms with Crippen molar-refractivity contribution in [3.8, 4) is 61.3 Å². The first-order chi connectivity index (χ1) is 27.7. The minimum absolute atomic E-state index is 1.17. The summed E-state index contributed by atoms with van der Waals surface area (Å²) in [5.41, 5.74) is 15.7. The highest BCUT2D eigenvalue weighted by Crippen LogP contribution is 2.42. The van der Waals surface area contributed by atoms with Gasteiger partial charge in [0.1, 0.15) is 0 Å². The normalized spacial score (nSPS) is 11.6. The number of hydrogen-bond acceptors (Lipinski definition) is 1. The van der Waals surface area contributed by atoms with E-state index < -0.39 is 0 Å². The highest BCUT2D eigenvalue weighted by atomic mass is 32.1. The molecule has 1 nitrogen and oxygen atoms in total. The molecule has 2 heterocycles. The summed E-state index contributed by atoms with van der Waals surface area (Å²) in [7, 11) is 0. The summed E-state index contributed by atoms with van der Waals surface area (Å²) in [6.07, 6.45) is 0. The van der Waals surface area contributed by atoms with Gasteiger partial charge in [-0.3, -0.25) is 0 Å². The number of aromatic nitrogens is 1. The van der Waals surface area contributed by atoms with Crippen molar-refractivity contribution in [2.24, 2.45) is 0 Å². The molecular formula is C54H35NS. The third-order valence-electron chi connectivity index (χ3n) is 11.2. The van der Waals surface area contributed by atoms with Crippen LogP contribution in [-0.2, 0) is 0 Å². The maximum absolute atomic E-state index is 2.47. The Morgan fingerprint density at radius 1 is 0.268 bits per heavy atom. The summed E-state index contributed by atoms with van der Waals surface area (Å²) in [5.74, 6) is 0. The number of nitrogens with zero attached hydrogens (tertiary/aromatic N) is 1. The fraction of sp³-hybridized carbons (Fsp3) is 0. The van der Waals surface area contributed by atoms with Crippen LogP contribution < -0.4 is 0 Å². The fourth-order valence-electron chi connectivity index (χ4n) is 8.42. The molecule has 262 valence electrons. The number of fused-ring (bicyclic) bond motifs is 6. The van der Waals surface area contributed by atoms with Crippen molar-refractivity contribution in [2.45, 2.75) is 0 Å². The van der Waals surface area contributed by atoms with Gasteiger partial charge in [0.15, 0.2) is 0 Å². The molecule has 0 radical (unpaired) electrons. The third kappa shape index (κ3) is 5.54. The lowest BCUT2D eigenvalue weighted by atomic mass is 9.97. The molecule has 11 aromatic rings. The number of hydrogen-bond donors (Lipinski definition) is 0. The van der Waals surface area contributed by atoms with Crippen molar-refractivity contribution in [2.75, 3.05) is 0 Å². The van der Waals surface area contributed by atoms with E-state index in [4.69, 9.17) is 0 Å². The Bertz CT molecular complexity index is 3070. The average molecular weight is 730 g/mol. The molecule has 2 aromatic heterocycles. The molecule has 0 spiro atoms. The molecule has 0 fully saturated rings. The molecule has 2 heteroatoms. The summed E-state index contributed by atoms with van der Waals surface area (Å²) in [4.78, 5) is 0. The van der Waals surface area contributed by atoms with Gasteiger partial charge in [-0.25, -0.2) is 0 Å². The van der Waals surface area contributed by atoms with Crippen LogP contribution in [0.3, 0.4) is 0 Å². The van der Waals surface area contributed by atoms with Crippen LogP contribution in [0.15, 0.2) is 212 Å². The maximum atomic E-state index is 2.47. The molecule has 0 saturated carbocycles. The lowest BCUT2D eigenvalue weighted by Crippen LogP contribution is -1.97. The zero-order valence-corrected chi connectivity index (χ0v) is 31.4. The van der Waals surface area contributed by atoms with Gasteiger partial charge in [-0.15, -0.1) is 11.3 Å². The molecule has 56 heavy (non-hydrogen) atoms. The lowest BCUT2D eigenvalue weighted by Gasteiger charge is -2.15. The highest BCUT2D eigenvalue weighted by Gasteiger charge is 2.18. The van der Waals surface area contributed by atoms with Crippen LogP contribution >= 0.6 is 11.3 Å². The topological polar surface area (TPSA) is 4.93 Å². The molecule has 0 unspecified atom stereocenters. The van der Waals surface area contributed by atoms with Crippen molar-refractivity contribution in [3.05, 3.63) is 212 Å². The van der Waals surface area contributed by atoms with Crippen LogP contribution in [0.4, 0.5) is 0 Å². The molecule has 0 aliphatic carbocycles. The average Bonchev–Trinajstić information content (AvgIpc) is 3.82. The van der Waals surface area contributed by atoms with E-state index in [0.717, 1.165) is 0 Å². The summed E-state index contributed by atoms with van der Waals surface area (Å²) >= 11 is 1.86. The molecule has 0 atom stereocenters. The van der Waals surface area contributed by atoms with Crippen molar-refractivity contribution < 1.29 is 0 Å². The van der Waals surface area contributed by atoms with Gasteiger partial charge in [0.25, 0.3) is 0 Å². The van der Waals surface area contributed by atoms with E-state index in [0.29, 0.717) is 0 Å². The van der Waals surface area contributed by atoms with Gasteiger partial charge in [0, 0.05) is 36.5 Å². The monoisotopic (exact) mass is 729 g/mol. The quantitative estimate of drug-likeness (QED) is 0.161. The summed E-state index contributed by atoms with van der Waals surface area (Å²) in [6.45, 7) is 0. The number of thiophene rings is 1. The van der Waals surface area contributed by atoms with Gasteiger partial charge in [0.05, 0.1) is 16.7 Å². The summed E-state index contributed by atoms with van der Waals surface area (Å²) in [5, 5.41) is 5.10. The SMILES string of the molecule is c1ccc(-c2ccc(-c3ccc4c(c3)c3cc(-c5ccc(-c6ccccc6)cc5)ccc3n4-c3ccccc3-c3ccc4sc5ccccc5c4c3)cc2)cc1. The van der Waals surface area contributed by atoms with Gasteiger partial charge in [0.2, 0.25) is 0 Å². The maximum Gasteiger partial charge on any atom is 0.0541 e. The molecule has 0 aliphatic heterocycles. The fourth-order valence-corrected chi connectivity index (χ4v) is 9.51. The third-order valence-corrected chi connectivity index (χ3v) is 12.4. The van der Waals surface area contributed by atoms with Gasteiger partial charge in [-0.1, -0.05) is 164 Å². The molecule has 0 aliphatic rings. The Morgan fingerprint density at radius 3 is 1.27 bits per heavy atom. The smallest absolute Gasteiger partial charge is 0.0541 e. The van der Waals surface area contributed by atoms with Crippen LogP contribution in [-0.4, -0.2) is 4.57 Å². The Balaban J connectivity index is 1.09. The van der Waals surface area contributed by atoms with Crippen LogP contribution in [0.25, 0.3) is 103 Å². The lowest BCUT2D eigenvalue weighted by molar-refractivity contribution is 1.18. The second-order valence-electron chi connectivity index (χ2n) is 14.5. The molecule has 0 saturated heterocycles. The first-order valence-electron chi connectivity index (χ1n) is 19.2. The van der Waals surface area contributed by atoms with Crippen LogP contribution in [0.2, 0.25) is 0 Å². The Kier molecular flexibility index (Phi) is 7.75. The van der Waals surface area contributed by atoms with Crippen molar-refractivity contribution in [1.29, 1.82) is 0 Å². The second-order valence-corrected chi connectivity index (χ2v) is 15.6. The van der Waals surface area contributed by atoms with Gasteiger partial charge >= 0.3 is 0 Å². The van der Waals surface area contributed by atoms with Gasteiger partial charge in [-0.05, 0) is 98.6 Å². The molecular weight excluding hydrogens is 695 g/mol. The summed E-state index contributed by atoms with van der Waals surface area (Å²) < 4.78 is 5.12. The number of benzene rings is 9. The first-order valence-corrected chi connectivity index (χ1v) is 20.0. The van der Waals surface area contributed by atoms with E-state index in [9.17, 15) is 0 Å². The van der Waals surface area contributed by atoms with Crippen LogP contribution in [0.1, 0.15) is 0 Å². The van der Waals surface area contributed by atoms with E-state index in [1.807, 2.05) is 11.3 Å². The van der Waals surface area contributed by atoms with Gasteiger partial charge in [-0.2, -0.15) is 0 Å². The predicted octanol–water partition coefficient (Wildman–Crippen LogP) is 15.5. The number of rotatable bonds is 6. The van der Waals surface area contributed by atoms with Crippen LogP contribution in [0, 0.1) is 0 Å². The molecule has 0 bridgehead atoms. The zero-order chi connectivity index (χ0) is 37.0.